The van der Waals surface area contributed by atoms with Crippen molar-refractivity contribution in [1.82, 2.24) is 4.90 Å². The molecule has 2 unspecified atom stereocenters. The van der Waals surface area contributed by atoms with Gasteiger partial charge in [0.05, 0.1) is 12.7 Å². The van der Waals surface area contributed by atoms with Gasteiger partial charge in [-0.15, -0.1) is 0 Å². The van der Waals surface area contributed by atoms with E-state index in [4.69, 9.17) is 10.5 Å². The summed E-state index contributed by atoms with van der Waals surface area (Å²) in [6.45, 7) is 10.1. The molecule has 1 saturated heterocycles. The molecule has 1 aromatic carbocycles. The molecule has 3 nitrogen and oxygen atoms in total. The van der Waals surface area contributed by atoms with E-state index in [9.17, 15) is 0 Å². The number of rotatable bonds is 3. The van der Waals surface area contributed by atoms with Gasteiger partial charge >= 0.3 is 0 Å². The first-order chi connectivity index (χ1) is 8.56. The topological polar surface area (TPSA) is 38.5 Å². The molecule has 100 valence electrons. The van der Waals surface area contributed by atoms with E-state index in [0.29, 0.717) is 6.10 Å². The van der Waals surface area contributed by atoms with Gasteiger partial charge in [-0.25, -0.2) is 0 Å². The number of hydrogen-bond donors (Lipinski definition) is 1. The van der Waals surface area contributed by atoms with Gasteiger partial charge in [-0.1, -0.05) is 23.8 Å². The van der Waals surface area contributed by atoms with Gasteiger partial charge < -0.3 is 10.5 Å². The van der Waals surface area contributed by atoms with Crippen molar-refractivity contribution in [1.29, 1.82) is 0 Å². The fourth-order valence-corrected chi connectivity index (χ4v) is 2.59. The smallest absolute Gasteiger partial charge is 0.0674 e. The van der Waals surface area contributed by atoms with Crippen molar-refractivity contribution in [3.63, 3.8) is 0 Å². The van der Waals surface area contributed by atoms with Crippen molar-refractivity contribution in [2.24, 2.45) is 5.73 Å². The Labute approximate surface area is 110 Å². The molecule has 1 heterocycles. The molecule has 1 aliphatic heterocycles. The van der Waals surface area contributed by atoms with E-state index in [0.717, 1.165) is 26.2 Å². The molecule has 2 rings (SSSR count). The Kier molecular flexibility index (Phi) is 4.38. The lowest BCUT2D eigenvalue weighted by atomic mass is 9.99. The Bertz CT molecular complexity index is 405. The largest absolute Gasteiger partial charge is 0.376 e. The first-order valence-corrected chi connectivity index (χ1v) is 6.73. The van der Waals surface area contributed by atoms with Crippen molar-refractivity contribution in [3.8, 4) is 0 Å². The average Bonchev–Trinajstić information content (AvgIpc) is 2.32. The molecular formula is C15H24N2O. The first kappa shape index (κ1) is 13.5. The Morgan fingerprint density at radius 1 is 1.44 bits per heavy atom. The fourth-order valence-electron chi connectivity index (χ4n) is 2.59. The molecule has 3 heteroatoms. The highest BCUT2D eigenvalue weighted by atomic mass is 16.5. The predicted octanol–water partition coefficient (Wildman–Crippen LogP) is 2.02. The van der Waals surface area contributed by atoms with Crippen LogP contribution in [0.5, 0.6) is 0 Å². The minimum absolute atomic E-state index is 0.0928. The molecule has 0 radical (unpaired) electrons. The molecule has 2 N–H and O–H groups in total. The van der Waals surface area contributed by atoms with E-state index >= 15 is 0 Å². The van der Waals surface area contributed by atoms with Crippen LogP contribution in [0, 0.1) is 13.8 Å². The third kappa shape index (κ3) is 3.31. The summed E-state index contributed by atoms with van der Waals surface area (Å²) in [5.74, 6) is 0. The molecule has 1 fully saturated rings. The quantitative estimate of drug-likeness (QED) is 0.889. The third-order valence-corrected chi connectivity index (χ3v) is 3.61. The number of nitrogens with two attached hydrogens (primary N) is 1. The predicted molar refractivity (Wildman–Crippen MR) is 74.7 cm³/mol. The summed E-state index contributed by atoms with van der Waals surface area (Å²) in [6.07, 6.45) is 0.324. The molecule has 0 saturated carbocycles. The van der Waals surface area contributed by atoms with Crippen molar-refractivity contribution in [2.75, 3.05) is 26.2 Å². The SMILES string of the molecule is Cc1ccc(C)c(C(N)CN2CCOC(C)C2)c1. The van der Waals surface area contributed by atoms with E-state index in [2.05, 4.69) is 43.9 Å². The van der Waals surface area contributed by atoms with E-state index in [1.54, 1.807) is 0 Å². The number of benzene rings is 1. The van der Waals surface area contributed by atoms with Gasteiger partial charge in [-0.2, -0.15) is 0 Å². The van der Waals surface area contributed by atoms with Crippen LogP contribution in [-0.2, 0) is 4.74 Å². The lowest BCUT2D eigenvalue weighted by molar-refractivity contribution is -0.0199. The Hall–Kier alpha value is -0.900. The van der Waals surface area contributed by atoms with Crippen LogP contribution in [0.2, 0.25) is 0 Å². The van der Waals surface area contributed by atoms with Gasteiger partial charge in [0.15, 0.2) is 0 Å². The van der Waals surface area contributed by atoms with Gasteiger partial charge in [0, 0.05) is 25.7 Å². The molecule has 0 aromatic heterocycles. The standard InChI is InChI=1S/C15H24N2O/c1-11-4-5-12(2)14(8-11)15(16)10-17-6-7-18-13(3)9-17/h4-5,8,13,15H,6-7,9-10,16H2,1-3H3. The maximum absolute atomic E-state index is 6.36. The monoisotopic (exact) mass is 248 g/mol. The first-order valence-electron chi connectivity index (χ1n) is 6.73. The van der Waals surface area contributed by atoms with Crippen LogP contribution in [0.1, 0.15) is 29.7 Å². The number of hydrogen-bond acceptors (Lipinski definition) is 3. The summed E-state index contributed by atoms with van der Waals surface area (Å²) in [5, 5.41) is 0. The van der Waals surface area contributed by atoms with Crippen LogP contribution in [0.3, 0.4) is 0 Å². The molecule has 2 atom stereocenters. The van der Waals surface area contributed by atoms with Gasteiger partial charge in [0.2, 0.25) is 0 Å². The highest BCUT2D eigenvalue weighted by molar-refractivity contribution is 5.33. The van der Waals surface area contributed by atoms with E-state index in [1.165, 1.54) is 16.7 Å². The van der Waals surface area contributed by atoms with Crippen LogP contribution in [0.25, 0.3) is 0 Å². The van der Waals surface area contributed by atoms with Gasteiger partial charge in [-0.3, -0.25) is 4.90 Å². The second kappa shape index (κ2) is 5.83. The van der Waals surface area contributed by atoms with Crippen LogP contribution >= 0.6 is 0 Å². The Morgan fingerprint density at radius 3 is 2.94 bits per heavy atom. The average molecular weight is 248 g/mol. The molecule has 0 bridgehead atoms. The fraction of sp³-hybridized carbons (Fsp3) is 0.600. The van der Waals surface area contributed by atoms with Crippen molar-refractivity contribution in [3.05, 3.63) is 34.9 Å². The summed E-state index contributed by atoms with van der Waals surface area (Å²) in [4.78, 5) is 2.40. The summed E-state index contributed by atoms with van der Waals surface area (Å²) >= 11 is 0. The molecule has 1 aliphatic rings. The lowest BCUT2D eigenvalue weighted by Gasteiger charge is -2.33. The Balaban J connectivity index is 2.02. The molecule has 18 heavy (non-hydrogen) atoms. The number of aryl methyl sites for hydroxylation is 2. The van der Waals surface area contributed by atoms with Crippen LogP contribution in [0.15, 0.2) is 18.2 Å². The van der Waals surface area contributed by atoms with Crippen molar-refractivity contribution >= 4 is 0 Å². The third-order valence-electron chi connectivity index (χ3n) is 3.61. The summed E-state index contributed by atoms with van der Waals surface area (Å²) in [5.41, 5.74) is 10.2. The zero-order valence-electron chi connectivity index (χ0n) is 11.6. The van der Waals surface area contributed by atoms with Crippen LogP contribution < -0.4 is 5.73 Å². The van der Waals surface area contributed by atoms with Gasteiger partial charge in [0.25, 0.3) is 0 Å². The Morgan fingerprint density at radius 2 is 2.22 bits per heavy atom. The highest BCUT2D eigenvalue weighted by Gasteiger charge is 2.20. The van der Waals surface area contributed by atoms with Gasteiger partial charge in [-0.05, 0) is 31.9 Å². The second-order valence-corrected chi connectivity index (χ2v) is 5.41. The number of nitrogens with zero attached hydrogens (tertiary/aromatic N) is 1. The zero-order valence-corrected chi connectivity index (χ0v) is 11.6. The second-order valence-electron chi connectivity index (χ2n) is 5.41. The molecule has 0 spiro atoms. The molecule has 1 aromatic rings. The lowest BCUT2D eigenvalue weighted by Crippen LogP contribution is -2.44. The summed E-state index contributed by atoms with van der Waals surface area (Å²) in [7, 11) is 0. The number of morpholine rings is 1. The van der Waals surface area contributed by atoms with E-state index in [-0.39, 0.29) is 6.04 Å². The number of ether oxygens (including phenoxy) is 1. The van der Waals surface area contributed by atoms with Crippen LogP contribution in [0.4, 0.5) is 0 Å². The van der Waals surface area contributed by atoms with E-state index in [1.807, 2.05) is 0 Å². The minimum atomic E-state index is 0.0928. The minimum Gasteiger partial charge on any atom is -0.376 e. The zero-order chi connectivity index (χ0) is 13.1. The van der Waals surface area contributed by atoms with Crippen LogP contribution in [-0.4, -0.2) is 37.2 Å². The molecule has 0 amide bonds. The maximum atomic E-state index is 6.36. The van der Waals surface area contributed by atoms with E-state index < -0.39 is 0 Å². The molecular weight excluding hydrogens is 224 g/mol. The van der Waals surface area contributed by atoms with Crippen molar-refractivity contribution < 1.29 is 4.74 Å². The van der Waals surface area contributed by atoms with Gasteiger partial charge in [0.1, 0.15) is 0 Å². The van der Waals surface area contributed by atoms with Crippen molar-refractivity contribution in [2.45, 2.75) is 32.9 Å². The summed E-state index contributed by atoms with van der Waals surface area (Å²) < 4.78 is 5.56. The molecule has 0 aliphatic carbocycles. The highest BCUT2D eigenvalue weighted by Crippen LogP contribution is 2.19. The summed E-state index contributed by atoms with van der Waals surface area (Å²) in [6, 6.07) is 6.61. The normalized spacial score (nSPS) is 23.0. The maximum Gasteiger partial charge on any atom is 0.0674 e.